The van der Waals surface area contributed by atoms with Crippen molar-refractivity contribution in [2.24, 2.45) is 0 Å². The standard InChI is InChI=1S/C17H20FN3O3/c1-12(16(22)24-2)20-17(23)19-10-15-7-4-8-21(15)11-13-5-3-6-14(18)9-13/h3-9,12H,10-11H2,1-2H3,(H2,19,20,23)/t12-/m1/s1. The van der Waals surface area contributed by atoms with Crippen molar-refractivity contribution in [2.75, 3.05) is 7.11 Å². The summed E-state index contributed by atoms with van der Waals surface area (Å²) in [4.78, 5) is 23.1. The lowest BCUT2D eigenvalue weighted by molar-refractivity contribution is -0.142. The Hall–Kier alpha value is -2.83. The number of urea groups is 1. The minimum absolute atomic E-state index is 0.280. The summed E-state index contributed by atoms with van der Waals surface area (Å²) in [6.45, 7) is 2.32. The Kier molecular flexibility index (Phi) is 5.95. The van der Waals surface area contributed by atoms with Gasteiger partial charge in [0.25, 0.3) is 0 Å². The number of halogens is 1. The zero-order valence-electron chi connectivity index (χ0n) is 13.6. The second-order valence-corrected chi connectivity index (χ2v) is 5.33. The molecule has 1 atom stereocenters. The Bertz CT molecular complexity index is 715. The fourth-order valence-electron chi connectivity index (χ4n) is 2.25. The van der Waals surface area contributed by atoms with Crippen LogP contribution in [0.25, 0.3) is 0 Å². The van der Waals surface area contributed by atoms with Crippen LogP contribution in [0.2, 0.25) is 0 Å². The largest absolute Gasteiger partial charge is 0.467 e. The number of nitrogens with one attached hydrogen (secondary N) is 2. The lowest BCUT2D eigenvalue weighted by Gasteiger charge is -2.14. The van der Waals surface area contributed by atoms with Gasteiger partial charge in [0, 0.05) is 18.4 Å². The van der Waals surface area contributed by atoms with E-state index >= 15 is 0 Å². The number of carbonyl (C=O) groups excluding carboxylic acids is 2. The van der Waals surface area contributed by atoms with Gasteiger partial charge in [-0.15, -0.1) is 0 Å². The topological polar surface area (TPSA) is 72.4 Å². The van der Waals surface area contributed by atoms with Crippen LogP contribution in [0.3, 0.4) is 0 Å². The van der Waals surface area contributed by atoms with Crippen LogP contribution in [0.4, 0.5) is 9.18 Å². The Morgan fingerprint density at radius 1 is 1.29 bits per heavy atom. The number of ether oxygens (including phenoxy) is 1. The Balaban J connectivity index is 1.91. The predicted molar refractivity (Wildman–Crippen MR) is 86.8 cm³/mol. The first-order chi connectivity index (χ1) is 11.5. The zero-order valence-corrected chi connectivity index (χ0v) is 13.6. The van der Waals surface area contributed by atoms with Crippen LogP contribution in [0, 0.1) is 5.82 Å². The molecule has 0 aliphatic rings. The summed E-state index contributed by atoms with van der Waals surface area (Å²) in [7, 11) is 1.26. The van der Waals surface area contributed by atoms with Crippen molar-refractivity contribution in [1.82, 2.24) is 15.2 Å². The lowest BCUT2D eigenvalue weighted by Crippen LogP contribution is -2.44. The molecule has 0 saturated carbocycles. The van der Waals surface area contributed by atoms with Gasteiger partial charge in [0.1, 0.15) is 11.9 Å². The summed E-state index contributed by atoms with van der Waals surface area (Å²) in [5.41, 5.74) is 1.69. The van der Waals surface area contributed by atoms with E-state index < -0.39 is 18.0 Å². The van der Waals surface area contributed by atoms with Gasteiger partial charge >= 0.3 is 12.0 Å². The Morgan fingerprint density at radius 3 is 2.79 bits per heavy atom. The number of nitrogens with zero attached hydrogens (tertiary/aromatic N) is 1. The maximum absolute atomic E-state index is 13.3. The molecule has 0 aliphatic carbocycles. The second-order valence-electron chi connectivity index (χ2n) is 5.33. The van der Waals surface area contributed by atoms with Gasteiger partial charge in [-0.05, 0) is 36.8 Å². The van der Waals surface area contributed by atoms with E-state index in [1.54, 1.807) is 6.07 Å². The van der Waals surface area contributed by atoms with Crippen LogP contribution in [-0.4, -0.2) is 29.7 Å². The average molecular weight is 333 g/mol. The van der Waals surface area contributed by atoms with Crippen LogP contribution >= 0.6 is 0 Å². The van der Waals surface area contributed by atoms with Crippen molar-refractivity contribution in [1.29, 1.82) is 0 Å². The van der Waals surface area contributed by atoms with Crippen LogP contribution in [-0.2, 0) is 22.6 Å². The molecule has 0 spiro atoms. The van der Waals surface area contributed by atoms with Gasteiger partial charge in [-0.3, -0.25) is 0 Å². The highest BCUT2D eigenvalue weighted by atomic mass is 19.1. The molecule has 2 amide bonds. The van der Waals surface area contributed by atoms with Gasteiger partial charge in [-0.1, -0.05) is 12.1 Å². The summed E-state index contributed by atoms with van der Waals surface area (Å²) in [5.74, 6) is -0.796. The number of aromatic nitrogens is 1. The molecule has 24 heavy (non-hydrogen) atoms. The summed E-state index contributed by atoms with van der Waals surface area (Å²) < 4.78 is 19.7. The Labute approximate surface area is 139 Å². The summed E-state index contributed by atoms with van der Waals surface area (Å²) in [6, 6.07) is 8.89. The maximum atomic E-state index is 13.3. The fourth-order valence-corrected chi connectivity index (χ4v) is 2.25. The molecule has 0 fully saturated rings. The van der Waals surface area contributed by atoms with Gasteiger partial charge in [0.2, 0.25) is 0 Å². The third-order valence-electron chi connectivity index (χ3n) is 3.50. The number of hydrogen-bond acceptors (Lipinski definition) is 3. The zero-order chi connectivity index (χ0) is 17.5. The molecule has 1 heterocycles. The third kappa shape index (κ3) is 4.84. The van der Waals surface area contributed by atoms with Crippen molar-refractivity contribution >= 4 is 12.0 Å². The van der Waals surface area contributed by atoms with Crippen LogP contribution in [0.5, 0.6) is 0 Å². The molecule has 1 aromatic heterocycles. The van der Waals surface area contributed by atoms with E-state index in [2.05, 4.69) is 15.4 Å². The van der Waals surface area contributed by atoms with E-state index in [9.17, 15) is 14.0 Å². The van der Waals surface area contributed by atoms with Gasteiger partial charge in [0.05, 0.1) is 13.7 Å². The molecule has 0 bridgehead atoms. The molecule has 0 radical (unpaired) electrons. The van der Waals surface area contributed by atoms with E-state index in [0.717, 1.165) is 11.3 Å². The van der Waals surface area contributed by atoms with Crippen molar-refractivity contribution in [3.63, 3.8) is 0 Å². The fraction of sp³-hybridized carbons (Fsp3) is 0.294. The van der Waals surface area contributed by atoms with E-state index in [1.165, 1.54) is 26.2 Å². The van der Waals surface area contributed by atoms with Crippen molar-refractivity contribution in [3.8, 4) is 0 Å². The normalized spacial score (nSPS) is 11.6. The highest BCUT2D eigenvalue weighted by molar-refractivity contribution is 5.83. The van der Waals surface area contributed by atoms with Gasteiger partial charge in [-0.2, -0.15) is 0 Å². The first-order valence-corrected chi connectivity index (χ1v) is 7.50. The first kappa shape index (κ1) is 17.5. The van der Waals surface area contributed by atoms with E-state index in [4.69, 9.17) is 0 Å². The molecule has 7 heteroatoms. The number of benzene rings is 1. The summed E-state index contributed by atoms with van der Waals surface area (Å²) in [6.07, 6.45) is 1.86. The summed E-state index contributed by atoms with van der Waals surface area (Å²) >= 11 is 0. The van der Waals surface area contributed by atoms with Gasteiger partial charge in [-0.25, -0.2) is 14.0 Å². The van der Waals surface area contributed by atoms with Crippen molar-refractivity contribution < 1.29 is 18.7 Å². The molecule has 1 aromatic carbocycles. The number of carbonyl (C=O) groups is 2. The molecule has 2 rings (SSSR count). The molecular formula is C17H20FN3O3. The maximum Gasteiger partial charge on any atom is 0.328 e. The second kappa shape index (κ2) is 8.14. The van der Waals surface area contributed by atoms with Gasteiger partial charge < -0.3 is 19.9 Å². The summed E-state index contributed by atoms with van der Waals surface area (Å²) in [5, 5.41) is 5.17. The van der Waals surface area contributed by atoms with Crippen LogP contribution in [0.1, 0.15) is 18.2 Å². The SMILES string of the molecule is COC(=O)[C@@H](C)NC(=O)NCc1cccn1Cc1cccc(F)c1. The quantitative estimate of drug-likeness (QED) is 0.795. The molecule has 0 unspecified atom stereocenters. The minimum Gasteiger partial charge on any atom is -0.467 e. The number of hydrogen-bond donors (Lipinski definition) is 2. The first-order valence-electron chi connectivity index (χ1n) is 7.50. The minimum atomic E-state index is -0.728. The predicted octanol–water partition coefficient (Wildman–Crippen LogP) is 2.04. The molecular weight excluding hydrogens is 313 g/mol. The molecule has 2 N–H and O–H groups in total. The molecule has 0 saturated heterocycles. The van der Waals surface area contributed by atoms with Crippen molar-refractivity contribution in [2.45, 2.75) is 26.1 Å². The molecule has 128 valence electrons. The van der Waals surface area contributed by atoms with Crippen molar-refractivity contribution in [3.05, 3.63) is 59.7 Å². The molecule has 0 aliphatic heterocycles. The van der Waals surface area contributed by atoms with Gasteiger partial charge in [0.15, 0.2) is 0 Å². The monoisotopic (exact) mass is 333 g/mol. The van der Waals surface area contributed by atoms with E-state index in [0.29, 0.717) is 6.54 Å². The molecule has 2 aromatic rings. The number of esters is 1. The Morgan fingerprint density at radius 2 is 2.08 bits per heavy atom. The lowest BCUT2D eigenvalue weighted by atomic mass is 10.2. The number of methoxy groups -OCH3 is 1. The smallest absolute Gasteiger partial charge is 0.328 e. The highest BCUT2D eigenvalue weighted by Gasteiger charge is 2.15. The highest BCUT2D eigenvalue weighted by Crippen LogP contribution is 2.09. The van der Waals surface area contributed by atoms with Crippen LogP contribution in [0.15, 0.2) is 42.6 Å². The average Bonchev–Trinajstić information content (AvgIpc) is 2.99. The van der Waals surface area contributed by atoms with Crippen LogP contribution < -0.4 is 10.6 Å². The number of rotatable bonds is 6. The molecule has 6 nitrogen and oxygen atoms in total. The third-order valence-corrected chi connectivity index (χ3v) is 3.50. The number of amides is 2. The van der Waals surface area contributed by atoms with E-state index in [-0.39, 0.29) is 12.4 Å². The van der Waals surface area contributed by atoms with E-state index in [1.807, 2.05) is 29.0 Å².